The molecule has 0 saturated carbocycles. The van der Waals surface area contributed by atoms with Gasteiger partial charge in [-0.1, -0.05) is 35.3 Å². The fraction of sp³-hybridized carbons (Fsp3) is 0.263. The van der Waals surface area contributed by atoms with Gasteiger partial charge in [0, 0.05) is 31.2 Å². The molecule has 2 aromatic carbocycles. The van der Waals surface area contributed by atoms with Gasteiger partial charge in [-0.2, -0.15) is 9.57 Å². The molecule has 1 fully saturated rings. The molecule has 0 aromatic heterocycles. The molecule has 1 aliphatic rings. The zero-order chi connectivity index (χ0) is 21.0. The van der Waals surface area contributed by atoms with Crippen molar-refractivity contribution in [2.45, 2.75) is 4.90 Å². The van der Waals surface area contributed by atoms with Gasteiger partial charge >= 0.3 is 0 Å². The predicted molar refractivity (Wildman–Crippen MR) is 108 cm³/mol. The van der Waals surface area contributed by atoms with Gasteiger partial charge in [0.15, 0.2) is 6.61 Å². The van der Waals surface area contributed by atoms with Crippen LogP contribution in [0.2, 0.25) is 10.0 Å². The molecule has 1 aliphatic heterocycles. The monoisotopic (exact) mass is 453 g/mol. The summed E-state index contributed by atoms with van der Waals surface area (Å²) in [6.45, 7) is 0.505. The van der Waals surface area contributed by atoms with Gasteiger partial charge in [-0.25, -0.2) is 8.42 Å². The first-order valence-corrected chi connectivity index (χ1v) is 10.9. The van der Waals surface area contributed by atoms with Crippen LogP contribution >= 0.6 is 23.2 Å². The average molecular weight is 454 g/mol. The van der Waals surface area contributed by atoms with E-state index in [1.54, 1.807) is 24.3 Å². The van der Waals surface area contributed by atoms with Crippen LogP contribution in [0.25, 0.3) is 0 Å². The van der Waals surface area contributed by atoms with Crippen LogP contribution in [0.15, 0.2) is 47.4 Å². The minimum atomic E-state index is -3.81. The standard InChI is InChI=1S/C19H17Cl2N3O4S/c20-15-5-6-17(16(21)11-15)28-13-19(25)23-7-9-24(10-8-23)29(26,27)18-4-2-1-3-14(18)12-22/h1-6,11H,7-10,13H2. The van der Waals surface area contributed by atoms with E-state index >= 15 is 0 Å². The Morgan fingerprint density at radius 1 is 1.10 bits per heavy atom. The van der Waals surface area contributed by atoms with E-state index in [1.807, 2.05) is 6.07 Å². The molecule has 152 valence electrons. The lowest BCUT2D eigenvalue weighted by molar-refractivity contribution is -0.134. The molecule has 0 aliphatic carbocycles. The van der Waals surface area contributed by atoms with E-state index in [9.17, 15) is 13.2 Å². The molecule has 7 nitrogen and oxygen atoms in total. The molecule has 2 aromatic rings. The number of carbonyl (C=O) groups excluding carboxylic acids is 1. The zero-order valence-corrected chi connectivity index (χ0v) is 17.5. The number of nitriles is 1. The Kier molecular flexibility index (Phi) is 6.65. The summed E-state index contributed by atoms with van der Waals surface area (Å²) in [7, 11) is -3.81. The van der Waals surface area contributed by atoms with Gasteiger partial charge in [0.1, 0.15) is 11.8 Å². The summed E-state index contributed by atoms with van der Waals surface area (Å²) in [4.78, 5) is 13.9. The molecular weight excluding hydrogens is 437 g/mol. The zero-order valence-electron chi connectivity index (χ0n) is 15.2. The van der Waals surface area contributed by atoms with Crippen molar-refractivity contribution in [3.05, 3.63) is 58.1 Å². The van der Waals surface area contributed by atoms with Gasteiger partial charge < -0.3 is 9.64 Å². The van der Waals surface area contributed by atoms with E-state index in [0.29, 0.717) is 15.8 Å². The van der Waals surface area contributed by atoms with E-state index < -0.39 is 10.0 Å². The molecule has 29 heavy (non-hydrogen) atoms. The van der Waals surface area contributed by atoms with Gasteiger partial charge in [-0.3, -0.25) is 4.79 Å². The number of benzene rings is 2. The third kappa shape index (κ3) is 4.82. The second-order valence-corrected chi connectivity index (χ2v) is 9.01. The van der Waals surface area contributed by atoms with Crippen LogP contribution in [0.5, 0.6) is 5.75 Å². The van der Waals surface area contributed by atoms with Crippen LogP contribution in [0.4, 0.5) is 0 Å². The minimum Gasteiger partial charge on any atom is -0.482 e. The van der Waals surface area contributed by atoms with Gasteiger partial charge in [0.05, 0.1) is 15.5 Å². The topological polar surface area (TPSA) is 90.7 Å². The number of nitrogens with zero attached hydrogens (tertiary/aromatic N) is 3. The largest absolute Gasteiger partial charge is 0.482 e. The fourth-order valence-electron chi connectivity index (χ4n) is 2.92. The molecule has 0 atom stereocenters. The number of amides is 1. The molecule has 0 spiro atoms. The highest BCUT2D eigenvalue weighted by molar-refractivity contribution is 7.89. The third-order valence-electron chi connectivity index (χ3n) is 4.46. The van der Waals surface area contributed by atoms with E-state index in [2.05, 4.69) is 0 Å². The molecule has 1 heterocycles. The van der Waals surface area contributed by atoms with Crippen molar-refractivity contribution in [3.63, 3.8) is 0 Å². The number of hydrogen-bond acceptors (Lipinski definition) is 5. The Bertz CT molecular complexity index is 1060. The van der Waals surface area contributed by atoms with Crippen LogP contribution < -0.4 is 4.74 Å². The number of ether oxygens (including phenoxy) is 1. The van der Waals surface area contributed by atoms with Crippen molar-refractivity contribution >= 4 is 39.1 Å². The molecule has 3 rings (SSSR count). The van der Waals surface area contributed by atoms with Crippen LogP contribution in [0.1, 0.15) is 5.56 Å². The molecule has 0 unspecified atom stereocenters. The van der Waals surface area contributed by atoms with E-state index in [4.69, 9.17) is 33.2 Å². The number of piperazine rings is 1. The lowest BCUT2D eigenvalue weighted by Crippen LogP contribution is -2.51. The second kappa shape index (κ2) is 9.01. The lowest BCUT2D eigenvalue weighted by Gasteiger charge is -2.34. The quantitative estimate of drug-likeness (QED) is 0.693. The summed E-state index contributed by atoms with van der Waals surface area (Å²) in [5, 5.41) is 9.93. The van der Waals surface area contributed by atoms with Crippen LogP contribution in [-0.2, 0) is 14.8 Å². The van der Waals surface area contributed by atoms with Crippen molar-refractivity contribution in [2.75, 3.05) is 32.8 Å². The van der Waals surface area contributed by atoms with Gasteiger partial charge in [0.2, 0.25) is 10.0 Å². The van der Waals surface area contributed by atoms with Crippen LogP contribution in [-0.4, -0.2) is 56.3 Å². The van der Waals surface area contributed by atoms with Gasteiger partial charge in [0.25, 0.3) is 5.91 Å². The smallest absolute Gasteiger partial charge is 0.260 e. The molecule has 0 bridgehead atoms. The summed E-state index contributed by atoms with van der Waals surface area (Å²) < 4.78 is 32.4. The van der Waals surface area contributed by atoms with Crippen molar-refractivity contribution in [2.24, 2.45) is 0 Å². The highest BCUT2D eigenvalue weighted by Gasteiger charge is 2.31. The van der Waals surface area contributed by atoms with Crippen LogP contribution in [0, 0.1) is 11.3 Å². The Labute approximate surface area is 179 Å². The number of carbonyl (C=O) groups is 1. The first-order chi connectivity index (χ1) is 13.8. The highest BCUT2D eigenvalue weighted by Crippen LogP contribution is 2.27. The lowest BCUT2D eigenvalue weighted by atomic mass is 10.2. The van der Waals surface area contributed by atoms with Crippen molar-refractivity contribution in [1.82, 2.24) is 9.21 Å². The Hall–Kier alpha value is -2.31. The highest BCUT2D eigenvalue weighted by atomic mass is 35.5. The molecule has 10 heteroatoms. The fourth-order valence-corrected chi connectivity index (χ4v) is 4.95. The Balaban J connectivity index is 1.60. The maximum absolute atomic E-state index is 12.8. The normalized spacial score (nSPS) is 15.0. The summed E-state index contributed by atoms with van der Waals surface area (Å²) in [5.41, 5.74) is 0.0965. The SMILES string of the molecule is N#Cc1ccccc1S(=O)(=O)N1CCN(C(=O)COc2ccc(Cl)cc2Cl)CC1. The summed E-state index contributed by atoms with van der Waals surface area (Å²) in [6, 6.07) is 12.7. The third-order valence-corrected chi connectivity index (χ3v) is 6.95. The van der Waals surface area contributed by atoms with Gasteiger partial charge in [-0.15, -0.1) is 0 Å². The van der Waals surface area contributed by atoms with E-state index in [1.165, 1.54) is 27.4 Å². The van der Waals surface area contributed by atoms with Gasteiger partial charge in [-0.05, 0) is 30.3 Å². The number of hydrogen-bond donors (Lipinski definition) is 0. The summed E-state index contributed by atoms with van der Waals surface area (Å²) >= 11 is 11.8. The molecular formula is C19H17Cl2N3O4S. The van der Waals surface area contributed by atoms with Crippen molar-refractivity contribution in [3.8, 4) is 11.8 Å². The first kappa shape index (κ1) is 21.4. The van der Waals surface area contributed by atoms with Crippen LogP contribution in [0.3, 0.4) is 0 Å². The summed E-state index contributed by atoms with van der Waals surface area (Å²) in [6.07, 6.45) is 0. The molecule has 0 radical (unpaired) electrons. The number of sulfonamides is 1. The predicted octanol–water partition coefficient (Wildman–Crippen LogP) is 2.78. The van der Waals surface area contributed by atoms with Crippen molar-refractivity contribution in [1.29, 1.82) is 5.26 Å². The number of rotatable bonds is 5. The number of halogens is 2. The minimum absolute atomic E-state index is 0.0250. The van der Waals surface area contributed by atoms with Crippen molar-refractivity contribution < 1.29 is 17.9 Å². The molecule has 1 amide bonds. The summed E-state index contributed by atoms with van der Waals surface area (Å²) in [5.74, 6) is 0.0734. The Morgan fingerprint density at radius 2 is 1.79 bits per heavy atom. The average Bonchev–Trinajstić information content (AvgIpc) is 2.73. The second-order valence-electron chi connectivity index (χ2n) is 6.26. The molecule has 0 N–H and O–H groups in total. The van der Waals surface area contributed by atoms with E-state index in [-0.39, 0.29) is 49.2 Å². The maximum atomic E-state index is 12.8. The Morgan fingerprint density at radius 3 is 2.45 bits per heavy atom. The maximum Gasteiger partial charge on any atom is 0.260 e. The molecule has 1 saturated heterocycles. The first-order valence-electron chi connectivity index (χ1n) is 8.68. The van der Waals surface area contributed by atoms with E-state index in [0.717, 1.165) is 0 Å².